The molecule has 0 saturated heterocycles. The zero-order valence-electron chi connectivity index (χ0n) is 14.6. The van der Waals surface area contributed by atoms with Crippen LogP contribution in [0, 0.1) is 0 Å². The number of benzene rings is 2. The lowest BCUT2D eigenvalue weighted by atomic mass is 10.1. The Hall–Kier alpha value is -2.56. The van der Waals surface area contributed by atoms with E-state index in [1.807, 2.05) is 60.8 Å². The molecule has 0 aliphatic rings. The highest BCUT2D eigenvalue weighted by molar-refractivity contribution is 6.30. The van der Waals surface area contributed by atoms with Gasteiger partial charge in [-0.05, 0) is 35.4 Å². The third-order valence-corrected chi connectivity index (χ3v) is 4.16. The number of rotatable bonds is 8. The first-order chi connectivity index (χ1) is 12.8. The lowest BCUT2D eigenvalue weighted by Gasteiger charge is -2.16. The molecule has 0 fully saturated rings. The summed E-state index contributed by atoms with van der Waals surface area (Å²) in [7, 11) is 1.65. The van der Waals surface area contributed by atoms with Crippen molar-refractivity contribution in [2.45, 2.75) is 19.7 Å². The number of aromatic nitrogens is 1. The van der Waals surface area contributed by atoms with Crippen LogP contribution in [0.5, 0.6) is 11.5 Å². The second-order valence-corrected chi connectivity index (χ2v) is 6.27. The molecule has 3 rings (SSSR count). The monoisotopic (exact) mass is 368 g/mol. The SMILES string of the molecule is COc1cccc(CNCc2cccnc2)c1OCc1cccc(Cl)c1. The van der Waals surface area contributed by atoms with E-state index in [0.29, 0.717) is 23.9 Å². The average molecular weight is 369 g/mol. The number of pyridine rings is 1. The summed E-state index contributed by atoms with van der Waals surface area (Å²) in [5.74, 6) is 1.46. The van der Waals surface area contributed by atoms with Crippen molar-refractivity contribution in [3.8, 4) is 11.5 Å². The van der Waals surface area contributed by atoms with E-state index in [-0.39, 0.29) is 0 Å². The maximum Gasteiger partial charge on any atom is 0.166 e. The molecule has 0 aliphatic heterocycles. The first kappa shape index (κ1) is 18.2. The van der Waals surface area contributed by atoms with Crippen molar-refractivity contribution in [2.75, 3.05) is 7.11 Å². The van der Waals surface area contributed by atoms with E-state index in [2.05, 4.69) is 10.3 Å². The molecule has 1 aromatic heterocycles. The van der Waals surface area contributed by atoms with Gasteiger partial charge in [0.25, 0.3) is 0 Å². The molecule has 0 aliphatic carbocycles. The highest BCUT2D eigenvalue weighted by Gasteiger charge is 2.11. The van der Waals surface area contributed by atoms with Crippen molar-refractivity contribution in [3.63, 3.8) is 0 Å². The second kappa shape index (κ2) is 9.22. The molecule has 0 spiro atoms. The fraction of sp³-hybridized carbons (Fsp3) is 0.190. The number of para-hydroxylation sites is 1. The van der Waals surface area contributed by atoms with Crippen molar-refractivity contribution < 1.29 is 9.47 Å². The smallest absolute Gasteiger partial charge is 0.166 e. The average Bonchev–Trinajstić information content (AvgIpc) is 2.67. The fourth-order valence-corrected chi connectivity index (χ4v) is 2.86. The molecule has 4 nitrogen and oxygen atoms in total. The molecule has 0 amide bonds. The largest absolute Gasteiger partial charge is 0.493 e. The number of nitrogens with one attached hydrogen (secondary N) is 1. The van der Waals surface area contributed by atoms with Gasteiger partial charge in [0.15, 0.2) is 11.5 Å². The zero-order chi connectivity index (χ0) is 18.2. The molecule has 0 bridgehead atoms. The lowest BCUT2D eigenvalue weighted by Crippen LogP contribution is -2.14. The molecular formula is C21H21ClN2O2. The molecule has 5 heteroatoms. The molecule has 0 saturated carbocycles. The molecule has 0 unspecified atom stereocenters. The number of hydrogen-bond acceptors (Lipinski definition) is 4. The van der Waals surface area contributed by atoms with Crippen LogP contribution in [0.4, 0.5) is 0 Å². The Labute approximate surface area is 158 Å². The van der Waals surface area contributed by atoms with Crippen molar-refractivity contribution in [2.24, 2.45) is 0 Å². The Bertz CT molecular complexity index is 840. The summed E-state index contributed by atoms with van der Waals surface area (Å²) in [5, 5.41) is 4.12. The molecular weight excluding hydrogens is 348 g/mol. The van der Waals surface area contributed by atoms with Crippen molar-refractivity contribution in [1.82, 2.24) is 10.3 Å². The van der Waals surface area contributed by atoms with Gasteiger partial charge in [0.2, 0.25) is 0 Å². The van der Waals surface area contributed by atoms with Crippen LogP contribution < -0.4 is 14.8 Å². The van der Waals surface area contributed by atoms with Crippen molar-refractivity contribution in [1.29, 1.82) is 0 Å². The van der Waals surface area contributed by atoms with E-state index in [4.69, 9.17) is 21.1 Å². The first-order valence-electron chi connectivity index (χ1n) is 8.39. The van der Waals surface area contributed by atoms with Crippen LogP contribution in [0.3, 0.4) is 0 Å². The van der Waals surface area contributed by atoms with Gasteiger partial charge in [-0.2, -0.15) is 0 Å². The minimum Gasteiger partial charge on any atom is -0.493 e. The van der Waals surface area contributed by atoms with Crippen molar-refractivity contribution in [3.05, 3.63) is 88.7 Å². The van der Waals surface area contributed by atoms with E-state index in [9.17, 15) is 0 Å². The third-order valence-electron chi connectivity index (χ3n) is 3.92. The summed E-state index contributed by atoms with van der Waals surface area (Å²) < 4.78 is 11.5. The van der Waals surface area contributed by atoms with Crippen molar-refractivity contribution >= 4 is 11.6 Å². The quantitative estimate of drug-likeness (QED) is 0.630. The summed E-state index contributed by atoms with van der Waals surface area (Å²) in [6, 6.07) is 17.5. The maximum atomic E-state index is 6.07. The molecule has 1 N–H and O–H groups in total. The molecule has 1 heterocycles. The van der Waals surface area contributed by atoms with Gasteiger partial charge in [-0.1, -0.05) is 41.9 Å². The Morgan fingerprint density at radius 3 is 2.62 bits per heavy atom. The van der Waals surface area contributed by atoms with Crippen LogP contribution in [0.1, 0.15) is 16.7 Å². The van der Waals surface area contributed by atoms with Crippen LogP contribution in [-0.2, 0) is 19.7 Å². The minimum atomic E-state index is 0.427. The second-order valence-electron chi connectivity index (χ2n) is 5.83. The fourth-order valence-electron chi connectivity index (χ4n) is 2.65. The predicted molar refractivity (Wildman–Crippen MR) is 104 cm³/mol. The molecule has 0 radical (unpaired) electrons. The summed E-state index contributed by atoms with van der Waals surface area (Å²) in [5.41, 5.74) is 3.18. The number of hydrogen-bond donors (Lipinski definition) is 1. The first-order valence-corrected chi connectivity index (χ1v) is 8.77. The summed E-state index contributed by atoms with van der Waals surface area (Å²) in [6.07, 6.45) is 3.63. The van der Waals surface area contributed by atoms with Crippen LogP contribution in [0.15, 0.2) is 67.0 Å². The van der Waals surface area contributed by atoms with E-state index < -0.39 is 0 Å². The zero-order valence-corrected chi connectivity index (χ0v) is 15.4. The standard InChI is InChI=1S/C21H21ClN2O2/c1-25-20-9-3-7-18(14-24-13-17-6-4-10-23-12-17)21(20)26-15-16-5-2-8-19(22)11-16/h2-12,24H,13-15H2,1H3. The topological polar surface area (TPSA) is 43.4 Å². The van der Waals surface area contributed by atoms with Gasteiger partial charge in [-0.25, -0.2) is 0 Å². The summed E-state index contributed by atoms with van der Waals surface area (Å²) in [6.45, 7) is 1.83. The van der Waals surface area contributed by atoms with E-state index in [1.165, 1.54) is 0 Å². The van der Waals surface area contributed by atoms with Crippen LogP contribution >= 0.6 is 11.6 Å². The molecule has 134 valence electrons. The number of nitrogens with zero attached hydrogens (tertiary/aromatic N) is 1. The lowest BCUT2D eigenvalue weighted by molar-refractivity contribution is 0.280. The normalized spacial score (nSPS) is 10.5. The van der Waals surface area contributed by atoms with Gasteiger partial charge in [0.1, 0.15) is 6.61 Å². The Morgan fingerprint density at radius 1 is 1.00 bits per heavy atom. The highest BCUT2D eigenvalue weighted by Crippen LogP contribution is 2.32. The highest BCUT2D eigenvalue weighted by atomic mass is 35.5. The van der Waals surface area contributed by atoms with E-state index in [1.54, 1.807) is 13.3 Å². The summed E-state index contributed by atoms with van der Waals surface area (Å²) >= 11 is 6.05. The number of methoxy groups -OCH3 is 1. The van der Waals surface area contributed by atoms with Gasteiger partial charge in [0, 0.05) is 36.1 Å². The number of ether oxygens (including phenoxy) is 2. The van der Waals surface area contributed by atoms with Crippen LogP contribution in [0.25, 0.3) is 0 Å². The predicted octanol–water partition coefficient (Wildman–Crippen LogP) is 4.61. The molecule has 2 aromatic carbocycles. The minimum absolute atomic E-state index is 0.427. The van der Waals surface area contributed by atoms with Gasteiger partial charge in [0.05, 0.1) is 7.11 Å². The van der Waals surface area contributed by atoms with Gasteiger partial charge >= 0.3 is 0 Å². The van der Waals surface area contributed by atoms with Crippen LogP contribution in [0.2, 0.25) is 5.02 Å². The Kier molecular flexibility index (Phi) is 6.47. The van der Waals surface area contributed by atoms with E-state index in [0.717, 1.165) is 29.0 Å². The van der Waals surface area contributed by atoms with Crippen LogP contribution in [-0.4, -0.2) is 12.1 Å². The maximum absolute atomic E-state index is 6.07. The summed E-state index contributed by atoms with van der Waals surface area (Å²) in [4.78, 5) is 4.13. The Morgan fingerprint density at radius 2 is 1.85 bits per heavy atom. The van der Waals surface area contributed by atoms with Gasteiger partial charge < -0.3 is 14.8 Å². The Balaban J connectivity index is 1.69. The molecule has 0 atom stereocenters. The van der Waals surface area contributed by atoms with E-state index >= 15 is 0 Å². The number of halogens is 1. The molecule has 26 heavy (non-hydrogen) atoms. The van der Waals surface area contributed by atoms with Gasteiger partial charge in [-0.3, -0.25) is 4.98 Å². The molecule has 3 aromatic rings. The third kappa shape index (κ3) is 4.97. The van der Waals surface area contributed by atoms with Gasteiger partial charge in [-0.15, -0.1) is 0 Å².